The monoisotopic (exact) mass is 274 g/mol. The minimum Gasteiger partial charge on any atom is -0.361 e. The molecule has 2 heteroatoms. The SMILES string of the molecule is C1=NC(C2=CNc3ccccc3-c3ccccc32)CCC1. The third-order valence-electron chi connectivity index (χ3n) is 4.29. The van der Waals surface area contributed by atoms with Crippen LogP contribution in [0, 0.1) is 0 Å². The van der Waals surface area contributed by atoms with Crippen LogP contribution >= 0.6 is 0 Å². The first-order chi connectivity index (χ1) is 10.4. The molecule has 1 N–H and O–H groups in total. The van der Waals surface area contributed by atoms with E-state index in [1.54, 1.807) is 0 Å². The first-order valence-electron chi connectivity index (χ1n) is 7.60. The van der Waals surface area contributed by atoms with Gasteiger partial charge in [0, 0.05) is 23.0 Å². The Balaban J connectivity index is 1.89. The Morgan fingerprint density at radius 2 is 1.67 bits per heavy atom. The van der Waals surface area contributed by atoms with Gasteiger partial charge in [0.15, 0.2) is 0 Å². The molecule has 0 aliphatic carbocycles. The fraction of sp³-hybridized carbons (Fsp3) is 0.211. The summed E-state index contributed by atoms with van der Waals surface area (Å²) in [6, 6.07) is 17.4. The Morgan fingerprint density at radius 3 is 2.48 bits per heavy atom. The van der Waals surface area contributed by atoms with E-state index in [1.807, 2.05) is 0 Å². The molecule has 2 aromatic carbocycles. The van der Waals surface area contributed by atoms with E-state index < -0.39 is 0 Å². The number of benzene rings is 2. The molecule has 2 aromatic rings. The van der Waals surface area contributed by atoms with Crippen LogP contribution in [-0.2, 0) is 0 Å². The quantitative estimate of drug-likeness (QED) is 0.797. The lowest BCUT2D eigenvalue weighted by atomic mass is 9.89. The number of hydrogen-bond donors (Lipinski definition) is 1. The predicted molar refractivity (Wildman–Crippen MR) is 89.6 cm³/mol. The van der Waals surface area contributed by atoms with Crippen molar-refractivity contribution < 1.29 is 0 Å². The van der Waals surface area contributed by atoms with Gasteiger partial charge in [-0.25, -0.2) is 0 Å². The maximum atomic E-state index is 4.72. The van der Waals surface area contributed by atoms with Crippen LogP contribution in [0.2, 0.25) is 0 Å². The van der Waals surface area contributed by atoms with E-state index in [9.17, 15) is 0 Å². The van der Waals surface area contributed by atoms with Gasteiger partial charge in [-0.05, 0) is 42.7 Å². The molecule has 0 spiro atoms. The van der Waals surface area contributed by atoms with E-state index in [-0.39, 0.29) is 6.04 Å². The Morgan fingerprint density at radius 1 is 0.905 bits per heavy atom. The number of aliphatic imine (C=N–C) groups is 1. The Bertz CT molecular complexity index is 728. The smallest absolute Gasteiger partial charge is 0.0765 e. The van der Waals surface area contributed by atoms with Gasteiger partial charge in [0.25, 0.3) is 0 Å². The van der Waals surface area contributed by atoms with Crippen molar-refractivity contribution >= 4 is 17.5 Å². The molecule has 2 aliphatic heterocycles. The topological polar surface area (TPSA) is 24.4 Å². The van der Waals surface area contributed by atoms with Crippen molar-refractivity contribution in [2.75, 3.05) is 5.32 Å². The van der Waals surface area contributed by atoms with Gasteiger partial charge in [0.1, 0.15) is 0 Å². The molecule has 0 saturated heterocycles. The van der Waals surface area contributed by atoms with Gasteiger partial charge in [-0.3, -0.25) is 4.99 Å². The maximum absolute atomic E-state index is 4.72. The molecule has 0 amide bonds. The highest BCUT2D eigenvalue weighted by Gasteiger charge is 2.22. The minimum absolute atomic E-state index is 0.279. The molecule has 0 bridgehead atoms. The van der Waals surface area contributed by atoms with Crippen LogP contribution < -0.4 is 5.32 Å². The summed E-state index contributed by atoms with van der Waals surface area (Å²) in [6.45, 7) is 0. The van der Waals surface area contributed by atoms with Crippen molar-refractivity contribution in [1.29, 1.82) is 0 Å². The van der Waals surface area contributed by atoms with Crippen molar-refractivity contribution in [3.05, 3.63) is 60.3 Å². The molecule has 0 saturated carbocycles. The van der Waals surface area contributed by atoms with Gasteiger partial charge in [-0.2, -0.15) is 0 Å². The van der Waals surface area contributed by atoms with E-state index >= 15 is 0 Å². The van der Waals surface area contributed by atoms with Crippen molar-refractivity contribution in [3.8, 4) is 11.1 Å². The van der Waals surface area contributed by atoms with E-state index in [4.69, 9.17) is 4.99 Å². The van der Waals surface area contributed by atoms with Crippen LogP contribution in [0.4, 0.5) is 5.69 Å². The van der Waals surface area contributed by atoms with Crippen LogP contribution in [0.15, 0.2) is 59.7 Å². The lowest BCUT2D eigenvalue weighted by Gasteiger charge is -2.20. The average molecular weight is 274 g/mol. The van der Waals surface area contributed by atoms with E-state index in [2.05, 4.69) is 66.3 Å². The zero-order valence-electron chi connectivity index (χ0n) is 11.9. The molecule has 0 fully saturated rings. The Hall–Kier alpha value is -2.35. The second-order valence-electron chi connectivity index (χ2n) is 5.61. The molecule has 4 rings (SSSR count). The summed E-state index contributed by atoms with van der Waals surface area (Å²) in [6.07, 6.45) is 7.70. The lowest BCUT2D eigenvalue weighted by Crippen LogP contribution is -2.12. The molecule has 2 heterocycles. The fourth-order valence-corrected chi connectivity index (χ4v) is 3.24. The van der Waals surface area contributed by atoms with E-state index in [0.717, 1.165) is 12.8 Å². The highest BCUT2D eigenvalue weighted by molar-refractivity contribution is 5.92. The summed E-state index contributed by atoms with van der Waals surface area (Å²) in [4.78, 5) is 4.72. The Labute approximate surface area is 125 Å². The van der Waals surface area contributed by atoms with Crippen molar-refractivity contribution in [3.63, 3.8) is 0 Å². The maximum Gasteiger partial charge on any atom is 0.0765 e. The molecule has 1 atom stereocenters. The standard InChI is InChI=1S/C19H18N2/c1-2-8-15-14(7-1)16-9-3-4-10-18(16)21-13-17(15)19-11-5-6-12-20-19/h1-4,7-10,12-13,19,21H,5-6,11H2. The van der Waals surface area contributed by atoms with Gasteiger partial charge < -0.3 is 5.32 Å². The zero-order chi connectivity index (χ0) is 14.1. The van der Waals surface area contributed by atoms with Crippen molar-refractivity contribution in [1.82, 2.24) is 0 Å². The normalized spacial score (nSPS) is 19.8. The minimum atomic E-state index is 0.279. The fourth-order valence-electron chi connectivity index (χ4n) is 3.24. The number of fused-ring (bicyclic) bond motifs is 3. The summed E-state index contributed by atoms with van der Waals surface area (Å²) in [5, 5.41) is 3.48. The van der Waals surface area contributed by atoms with E-state index in [0.29, 0.717) is 0 Å². The van der Waals surface area contributed by atoms with Gasteiger partial charge in [-0.15, -0.1) is 0 Å². The number of para-hydroxylation sites is 1. The number of nitrogens with one attached hydrogen (secondary N) is 1. The molecule has 0 radical (unpaired) electrons. The third kappa shape index (κ3) is 2.17. The van der Waals surface area contributed by atoms with Crippen LogP contribution in [0.1, 0.15) is 24.8 Å². The number of hydrogen-bond acceptors (Lipinski definition) is 2. The lowest BCUT2D eigenvalue weighted by molar-refractivity contribution is 0.672. The molecule has 104 valence electrons. The number of rotatable bonds is 1. The highest BCUT2D eigenvalue weighted by atomic mass is 14.9. The summed E-state index contributed by atoms with van der Waals surface area (Å²) >= 11 is 0. The van der Waals surface area contributed by atoms with Crippen LogP contribution in [0.3, 0.4) is 0 Å². The van der Waals surface area contributed by atoms with Gasteiger partial charge in [0.05, 0.1) is 6.04 Å². The second-order valence-corrected chi connectivity index (χ2v) is 5.61. The first kappa shape index (κ1) is 12.4. The van der Waals surface area contributed by atoms with Crippen molar-refractivity contribution in [2.24, 2.45) is 4.99 Å². The molecule has 2 nitrogen and oxygen atoms in total. The summed E-state index contributed by atoms with van der Waals surface area (Å²) in [5.41, 5.74) is 6.33. The third-order valence-corrected chi connectivity index (χ3v) is 4.29. The largest absolute Gasteiger partial charge is 0.361 e. The van der Waals surface area contributed by atoms with Gasteiger partial charge in [0.2, 0.25) is 0 Å². The highest BCUT2D eigenvalue weighted by Crippen LogP contribution is 2.39. The summed E-state index contributed by atoms with van der Waals surface area (Å²) < 4.78 is 0. The predicted octanol–water partition coefficient (Wildman–Crippen LogP) is 4.74. The number of nitrogens with zero attached hydrogens (tertiary/aromatic N) is 1. The van der Waals surface area contributed by atoms with E-state index in [1.165, 1.54) is 34.4 Å². The molecule has 1 unspecified atom stereocenters. The molecule has 0 aromatic heterocycles. The molecular weight excluding hydrogens is 256 g/mol. The van der Waals surface area contributed by atoms with Crippen molar-refractivity contribution in [2.45, 2.75) is 25.3 Å². The van der Waals surface area contributed by atoms with Gasteiger partial charge >= 0.3 is 0 Å². The van der Waals surface area contributed by atoms with Crippen LogP contribution in [0.25, 0.3) is 16.7 Å². The van der Waals surface area contributed by atoms with Crippen LogP contribution in [-0.4, -0.2) is 12.3 Å². The zero-order valence-corrected chi connectivity index (χ0v) is 11.9. The first-order valence-corrected chi connectivity index (χ1v) is 7.60. The molecule has 2 aliphatic rings. The molecular formula is C19H18N2. The summed E-state index contributed by atoms with van der Waals surface area (Å²) in [5.74, 6) is 0. The summed E-state index contributed by atoms with van der Waals surface area (Å²) in [7, 11) is 0. The number of anilines is 1. The van der Waals surface area contributed by atoms with Gasteiger partial charge in [-0.1, -0.05) is 42.5 Å². The average Bonchev–Trinajstić information content (AvgIpc) is 2.73. The Kier molecular flexibility index (Phi) is 3.07. The second kappa shape index (κ2) is 5.21. The molecule has 21 heavy (non-hydrogen) atoms. The van der Waals surface area contributed by atoms with Crippen LogP contribution in [0.5, 0.6) is 0 Å².